The Morgan fingerprint density at radius 1 is 0.575 bits per heavy atom. The normalized spacial score (nSPS) is 11.6. The minimum absolute atomic E-state index is 0.0250. The molecule has 2 nitrogen and oxygen atoms in total. The number of rotatable bonds is 17. The lowest BCUT2D eigenvalue weighted by atomic mass is 9.89. The second-order valence-corrected chi connectivity index (χ2v) is 12.0. The average Bonchev–Trinajstić information content (AvgIpc) is 2.94. The molecule has 0 amide bonds. The Bertz CT molecular complexity index is 1150. The van der Waals surface area contributed by atoms with Gasteiger partial charge in [-0.3, -0.25) is 0 Å². The van der Waals surface area contributed by atoms with E-state index in [9.17, 15) is 4.39 Å². The topological polar surface area (TPSA) is 18.5 Å². The monoisotopic (exact) mass is 550 g/mol. The van der Waals surface area contributed by atoms with Gasteiger partial charge in [-0.1, -0.05) is 115 Å². The molecule has 0 N–H and O–H groups in total. The number of hydrogen-bond acceptors (Lipinski definition) is 2. The summed E-state index contributed by atoms with van der Waals surface area (Å²) in [6, 6.07) is 18.5. The molecule has 3 aromatic carbocycles. The van der Waals surface area contributed by atoms with Crippen LogP contribution in [0.1, 0.15) is 98.3 Å². The fourth-order valence-corrected chi connectivity index (χ4v) is 4.92. The zero-order valence-corrected chi connectivity index (χ0v) is 25.0. The minimum Gasteiger partial charge on any atom is -0.494 e. The molecule has 0 spiro atoms. The Balaban J connectivity index is 1.58. The van der Waals surface area contributed by atoms with Crippen molar-refractivity contribution in [1.82, 2.24) is 0 Å². The van der Waals surface area contributed by atoms with Crippen LogP contribution in [-0.4, -0.2) is 13.2 Å². The molecule has 0 fully saturated rings. The van der Waals surface area contributed by atoms with Gasteiger partial charge in [-0.15, -0.1) is 0 Å². The van der Waals surface area contributed by atoms with E-state index in [-0.39, 0.29) is 11.3 Å². The summed E-state index contributed by atoms with van der Waals surface area (Å²) in [5, 5.41) is 0. The van der Waals surface area contributed by atoms with E-state index in [2.05, 4.69) is 27.7 Å². The summed E-state index contributed by atoms with van der Waals surface area (Å²) in [5.74, 6) is -1.02. The first-order chi connectivity index (χ1) is 19.3. The lowest BCUT2D eigenvalue weighted by Gasteiger charge is -2.17. The summed E-state index contributed by atoms with van der Waals surface area (Å²) in [6.45, 7) is 10.1. The molecule has 0 aliphatic carbocycles. The maximum atomic E-state index is 15.3. The van der Waals surface area contributed by atoms with Crippen molar-refractivity contribution < 1.29 is 18.3 Å². The second kappa shape index (κ2) is 16.4. The van der Waals surface area contributed by atoms with Crippen molar-refractivity contribution in [2.24, 2.45) is 5.41 Å². The minimum atomic E-state index is -0.930. The summed E-state index contributed by atoms with van der Waals surface area (Å²) in [6.07, 6.45) is 12.6. The van der Waals surface area contributed by atoms with Crippen LogP contribution in [0.4, 0.5) is 8.78 Å². The first kappa shape index (κ1) is 31.6. The maximum absolute atomic E-state index is 15.3. The van der Waals surface area contributed by atoms with E-state index in [1.165, 1.54) is 44.9 Å². The molecule has 0 aliphatic heterocycles. The molecular formula is C36H48F2O2. The summed E-state index contributed by atoms with van der Waals surface area (Å²) in [4.78, 5) is 0. The van der Waals surface area contributed by atoms with Crippen LogP contribution in [-0.2, 0) is 0 Å². The summed E-state index contributed by atoms with van der Waals surface area (Å²) < 4.78 is 41.8. The van der Waals surface area contributed by atoms with Gasteiger partial charge in [0.15, 0.2) is 11.6 Å². The van der Waals surface area contributed by atoms with E-state index < -0.39 is 11.6 Å². The molecule has 0 unspecified atom stereocenters. The summed E-state index contributed by atoms with van der Waals surface area (Å²) in [5.41, 5.74) is 3.04. The molecule has 4 heteroatoms. The molecule has 0 radical (unpaired) electrons. The van der Waals surface area contributed by atoms with Gasteiger partial charge in [-0.05, 0) is 65.6 Å². The molecule has 0 atom stereocenters. The van der Waals surface area contributed by atoms with Crippen molar-refractivity contribution in [3.05, 3.63) is 72.3 Å². The largest absolute Gasteiger partial charge is 0.494 e. The van der Waals surface area contributed by atoms with Gasteiger partial charge in [0.2, 0.25) is 5.82 Å². The van der Waals surface area contributed by atoms with Crippen LogP contribution in [0.15, 0.2) is 60.7 Å². The molecule has 0 saturated heterocycles. The first-order valence-electron chi connectivity index (χ1n) is 15.2. The van der Waals surface area contributed by atoms with Gasteiger partial charge in [0.25, 0.3) is 0 Å². The van der Waals surface area contributed by atoms with Crippen molar-refractivity contribution in [3.8, 4) is 33.8 Å². The lowest BCUT2D eigenvalue weighted by molar-refractivity contribution is 0.285. The summed E-state index contributed by atoms with van der Waals surface area (Å²) >= 11 is 0. The first-order valence-corrected chi connectivity index (χ1v) is 15.2. The Morgan fingerprint density at radius 2 is 1.18 bits per heavy atom. The lowest BCUT2D eigenvalue weighted by Crippen LogP contribution is -2.04. The van der Waals surface area contributed by atoms with E-state index >= 15 is 4.39 Å². The van der Waals surface area contributed by atoms with Gasteiger partial charge in [0.05, 0.1) is 13.2 Å². The zero-order chi connectivity index (χ0) is 28.8. The van der Waals surface area contributed by atoms with Crippen molar-refractivity contribution in [3.63, 3.8) is 0 Å². The van der Waals surface area contributed by atoms with E-state index in [4.69, 9.17) is 9.47 Å². The van der Waals surface area contributed by atoms with Crippen LogP contribution in [0.2, 0.25) is 0 Å². The quantitative estimate of drug-likeness (QED) is 0.156. The van der Waals surface area contributed by atoms with Gasteiger partial charge in [0.1, 0.15) is 5.75 Å². The predicted octanol–water partition coefficient (Wildman–Crippen LogP) is 11.4. The van der Waals surface area contributed by atoms with Crippen LogP contribution < -0.4 is 9.47 Å². The average molecular weight is 551 g/mol. The van der Waals surface area contributed by atoms with E-state index in [1.807, 2.05) is 48.5 Å². The Labute approximate surface area is 241 Å². The molecule has 0 bridgehead atoms. The molecule has 0 aliphatic rings. The molecule has 3 aromatic rings. The molecule has 40 heavy (non-hydrogen) atoms. The van der Waals surface area contributed by atoms with Crippen molar-refractivity contribution in [2.75, 3.05) is 13.2 Å². The van der Waals surface area contributed by atoms with E-state index in [0.717, 1.165) is 42.6 Å². The third-order valence-electron chi connectivity index (χ3n) is 7.27. The molecule has 0 saturated carbocycles. The molecule has 3 rings (SSSR count). The highest BCUT2D eigenvalue weighted by atomic mass is 19.2. The van der Waals surface area contributed by atoms with Crippen molar-refractivity contribution >= 4 is 0 Å². The van der Waals surface area contributed by atoms with Crippen LogP contribution in [0, 0.1) is 17.0 Å². The highest BCUT2D eigenvalue weighted by Gasteiger charge is 2.18. The highest BCUT2D eigenvalue weighted by Crippen LogP contribution is 2.37. The SMILES string of the molecule is CCCCCCCCOc1ccc(-c2ccccc2-c2ccc(OCCCCCCC(C)(C)C)cc2)c(F)c1F. The third kappa shape index (κ3) is 10.3. The van der Waals surface area contributed by atoms with Gasteiger partial charge in [-0.25, -0.2) is 4.39 Å². The fraction of sp³-hybridized carbons (Fsp3) is 0.500. The second-order valence-electron chi connectivity index (χ2n) is 12.0. The zero-order valence-electron chi connectivity index (χ0n) is 25.0. The van der Waals surface area contributed by atoms with Crippen LogP contribution >= 0.6 is 0 Å². The Kier molecular flexibility index (Phi) is 13.0. The maximum Gasteiger partial charge on any atom is 0.201 e. The number of unbranched alkanes of at least 4 members (excludes halogenated alkanes) is 8. The molecule has 218 valence electrons. The number of halogens is 2. The van der Waals surface area contributed by atoms with Gasteiger partial charge < -0.3 is 9.47 Å². The highest BCUT2D eigenvalue weighted by molar-refractivity contribution is 5.84. The fourth-order valence-electron chi connectivity index (χ4n) is 4.92. The smallest absolute Gasteiger partial charge is 0.201 e. The molecular weight excluding hydrogens is 502 g/mol. The molecule has 0 aromatic heterocycles. The number of benzene rings is 3. The standard InChI is InChI=1S/C36H48F2O2/c1-5-6-7-8-10-16-27-40-33-24-23-32(34(37)35(33)38)31-18-13-12-17-30(31)28-19-21-29(22-20-28)39-26-15-11-9-14-25-36(2,3)4/h12-13,17-24H,5-11,14-16,25-27H2,1-4H3. The predicted molar refractivity (Wildman–Crippen MR) is 164 cm³/mol. The van der Waals surface area contributed by atoms with Gasteiger partial charge in [-0.2, -0.15) is 4.39 Å². The number of ether oxygens (including phenoxy) is 2. The molecule has 0 heterocycles. The van der Waals surface area contributed by atoms with Crippen LogP contribution in [0.5, 0.6) is 11.5 Å². The Morgan fingerprint density at radius 3 is 1.85 bits per heavy atom. The van der Waals surface area contributed by atoms with Crippen LogP contribution in [0.3, 0.4) is 0 Å². The number of hydrogen-bond donors (Lipinski definition) is 0. The van der Waals surface area contributed by atoms with Gasteiger partial charge >= 0.3 is 0 Å². The van der Waals surface area contributed by atoms with Gasteiger partial charge in [0, 0.05) is 5.56 Å². The van der Waals surface area contributed by atoms with E-state index in [0.29, 0.717) is 24.2 Å². The Hall–Kier alpha value is -2.88. The van der Waals surface area contributed by atoms with Crippen molar-refractivity contribution in [1.29, 1.82) is 0 Å². The third-order valence-corrected chi connectivity index (χ3v) is 7.27. The van der Waals surface area contributed by atoms with E-state index in [1.54, 1.807) is 12.1 Å². The van der Waals surface area contributed by atoms with Crippen LogP contribution in [0.25, 0.3) is 22.3 Å². The van der Waals surface area contributed by atoms with Crippen molar-refractivity contribution in [2.45, 2.75) is 98.3 Å². The summed E-state index contributed by atoms with van der Waals surface area (Å²) in [7, 11) is 0.